The Morgan fingerprint density at radius 2 is 2.21 bits per heavy atom. The van der Waals surface area contributed by atoms with E-state index in [-0.39, 0.29) is 0 Å². The highest BCUT2D eigenvalue weighted by Crippen LogP contribution is 2.04. The lowest BCUT2D eigenvalue weighted by atomic mass is 10.3. The fourth-order valence-electron chi connectivity index (χ4n) is 1.27. The van der Waals surface area contributed by atoms with E-state index in [9.17, 15) is 0 Å². The summed E-state index contributed by atoms with van der Waals surface area (Å²) < 4.78 is 3.56. The van der Waals surface area contributed by atoms with Crippen LogP contribution in [0, 0.1) is 0 Å². The maximum Gasteiger partial charge on any atom is 0.148 e. The van der Waals surface area contributed by atoms with Crippen molar-refractivity contribution in [1.82, 2.24) is 19.6 Å². The Bertz CT molecular complexity index is 374. The number of aryl methyl sites for hydroxylation is 2. The third-order valence-corrected chi connectivity index (χ3v) is 1.95. The summed E-state index contributed by atoms with van der Waals surface area (Å²) in [5, 5.41) is 11.5. The van der Waals surface area contributed by atoms with Gasteiger partial charge in [0.05, 0.1) is 6.20 Å². The number of aromatic nitrogens is 4. The molecule has 1 N–H and O–H groups in total. The second-order valence-corrected chi connectivity index (χ2v) is 3.25. The van der Waals surface area contributed by atoms with Gasteiger partial charge in [0.2, 0.25) is 0 Å². The number of hydrogen-bond donors (Lipinski definition) is 1. The normalized spacial score (nSPS) is 10.4. The summed E-state index contributed by atoms with van der Waals surface area (Å²) in [6.45, 7) is 0.755. The molecule has 0 aliphatic rings. The molecule has 14 heavy (non-hydrogen) atoms. The second kappa shape index (κ2) is 3.53. The molecule has 0 unspecified atom stereocenters. The molecule has 74 valence electrons. The Labute approximate surface area is 82.3 Å². The van der Waals surface area contributed by atoms with Crippen molar-refractivity contribution < 1.29 is 0 Å². The zero-order chi connectivity index (χ0) is 9.97. The molecule has 2 heterocycles. The molecule has 5 heteroatoms. The zero-order valence-corrected chi connectivity index (χ0v) is 8.31. The minimum absolute atomic E-state index is 0.755. The van der Waals surface area contributed by atoms with Crippen molar-refractivity contribution in [3.8, 4) is 0 Å². The van der Waals surface area contributed by atoms with Crippen LogP contribution in [0.4, 0.5) is 5.82 Å². The van der Waals surface area contributed by atoms with Crippen molar-refractivity contribution in [2.75, 3.05) is 5.32 Å². The first-order chi connectivity index (χ1) is 6.74. The van der Waals surface area contributed by atoms with Crippen LogP contribution in [0.2, 0.25) is 0 Å². The van der Waals surface area contributed by atoms with Gasteiger partial charge >= 0.3 is 0 Å². The maximum absolute atomic E-state index is 4.21. The van der Waals surface area contributed by atoms with Gasteiger partial charge in [0.25, 0.3) is 0 Å². The Kier molecular flexibility index (Phi) is 2.22. The third-order valence-electron chi connectivity index (χ3n) is 1.95. The van der Waals surface area contributed by atoms with E-state index in [1.165, 1.54) is 0 Å². The number of anilines is 1. The average Bonchev–Trinajstić information content (AvgIpc) is 2.72. The standard InChI is InChI=1S/C9H13N5/c1-13-4-3-9(12-13)10-5-8-6-11-14(2)7-8/h3-4,6-7H,5H2,1-2H3,(H,10,12). The first-order valence-corrected chi connectivity index (χ1v) is 4.45. The first kappa shape index (κ1) is 8.80. The largest absolute Gasteiger partial charge is 0.364 e. The van der Waals surface area contributed by atoms with Crippen molar-refractivity contribution in [3.05, 3.63) is 30.2 Å². The Hall–Kier alpha value is -1.78. The molecule has 0 saturated heterocycles. The summed E-state index contributed by atoms with van der Waals surface area (Å²) in [4.78, 5) is 0. The number of rotatable bonds is 3. The van der Waals surface area contributed by atoms with Crippen molar-refractivity contribution in [1.29, 1.82) is 0 Å². The van der Waals surface area contributed by atoms with Gasteiger partial charge in [-0.25, -0.2) is 0 Å². The topological polar surface area (TPSA) is 47.7 Å². The van der Waals surface area contributed by atoms with E-state index >= 15 is 0 Å². The maximum atomic E-state index is 4.21. The lowest BCUT2D eigenvalue weighted by Crippen LogP contribution is -1.99. The molecule has 0 bridgehead atoms. The lowest BCUT2D eigenvalue weighted by molar-refractivity contribution is 0.765. The fourth-order valence-corrected chi connectivity index (χ4v) is 1.27. The van der Waals surface area contributed by atoms with Crippen molar-refractivity contribution in [2.45, 2.75) is 6.54 Å². The molecule has 5 nitrogen and oxygen atoms in total. The van der Waals surface area contributed by atoms with Crippen LogP contribution in [0.25, 0.3) is 0 Å². The molecule has 2 aromatic heterocycles. The van der Waals surface area contributed by atoms with Gasteiger partial charge in [-0.05, 0) is 0 Å². The summed E-state index contributed by atoms with van der Waals surface area (Å²) in [6, 6.07) is 1.94. The van der Waals surface area contributed by atoms with Crippen LogP contribution in [0.5, 0.6) is 0 Å². The smallest absolute Gasteiger partial charge is 0.148 e. The Morgan fingerprint density at radius 1 is 1.36 bits per heavy atom. The van der Waals surface area contributed by atoms with Crippen LogP contribution in [0.3, 0.4) is 0 Å². The summed E-state index contributed by atoms with van der Waals surface area (Å²) >= 11 is 0. The third kappa shape index (κ3) is 1.93. The van der Waals surface area contributed by atoms with Crippen LogP contribution in [-0.2, 0) is 20.6 Å². The number of nitrogens with zero attached hydrogens (tertiary/aromatic N) is 4. The number of nitrogens with one attached hydrogen (secondary N) is 1. The second-order valence-electron chi connectivity index (χ2n) is 3.25. The monoisotopic (exact) mass is 191 g/mol. The van der Waals surface area contributed by atoms with E-state index in [2.05, 4.69) is 15.5 Å². The van der Waals surface area contributed by atoms with Gasteiger partial charge in [-0.2, -0.15) is 10.2 Å². The average molecular weight is 191 g/mol. The summed E-state index contributed by atoms with van der Waals surface area (Å²) in [5.74, 6) is 0.886. The van der Waals surface area contributed by atoms with Gasteiger partial charge in [0.15, 0.2) is 0 Å². The molecule has 0 spiro atoms. The van der Waals surface area contributed by atoms with Gasteiger partial charge in [-0.3, -0.25) is 9.36 Å². The molecule has 0 atom stereocenters. The molecule has 0 aliphatic heterocycles. The van der Waals surface area contributed by atoms with Crippen molar-refractivity contribution in [2.24, 2.45) is 14.1 Å². The SMILES string of the molecule is Cn1cc(CNc2ccn(C)n2)cn1. The summed E-state index contributed by atoms with van der Waals surface area (Å²) in [5.41, 5.74) is 1.15. The van der Waals surface area contributed by atoms with Gasteiger partial charge in [-0.15, -0.1) is 0 Å². The first-order valence-electron chi connectivity index (χ1n) is 4.45. The number of hydrogen-bond acceptors (Lipinski definition) is 3. The molecule has 0 aromatic carbocycles. The predicted octanol–water partition coefficient (Wildman–Crippen LogP) is 0.766. The molecule has 2 rings (SSSR count). The predicted molar refractivity (Wildman–Crippen MR) is 53.7 cm³/mol. The molecule has 0 amide bonds. The van der Waals surface area contributed by atoms with Gasteiger partial charge in [-0.1, -0.05) is 0 Å². The Morgan fingerprint density at radius 3 is 2.79 bits per heavy atom. The molecule has 0 radical (unpaired) electrons. The highest BCUT2D eigenvalue weighted by Gasteiger charge is 1.97. The Balaban J connectivity index is 1.94. The fraction of sp³-hybridized carbons (Fsp3) is 0.333. The van der Waals surface area contributed by atoms with Gasteiger partial charge in [0.1, 0.15) is 5.82 Å². The molecular weight excluding hydrogens is 178 g/mol. The van der Waals surface area contributed by atoms with Crippen molar-refractivity contribution in [3.63, 3.8) is 0 Å². The van der Waals surface area contributed by atoms with E-state index < -0.39 is 0 Å². The van der Waals surface area contributed by atoms with E-state index in [1.54, 1.807) is 9.36 Å². The molecule has 0 aliphatic carbocycles. The van der Waals surface area contributed by atoms with Gasteiger partial charge < -0.3 is 5.32 Å². The highest BCUT2D eigenvalue weighted by atomic mass is 15.3. The van der Waals surface area contributed by atoms with E-state index in [1.807, 2.05) is 38.8 Å². The van der Waals surface area contributed by atoms with E-state index in [0.29, 0.717) is 0 Å². The molecule has 0 fully saturated rings. The van der Waals surface area contributed by atoms with Crippen LogP contribution in [-0.4, -0.2) is 19.6 Å². The van der Waals surface area contributed by atoms with E-state index in [4.69, 9.17) is 0 Å². The van der Waals surface area contributed by atoms with Crippen LogP contribution < -0.4 is 5.32 Å². The van der Waals surface area contributed by atoms with Crippen LogP contribution in [0.15, 0.2) is 24.7 Å². The molecule has 2 aromatic rings. The lowest BCUT2D eigenvalue weighted by Gasteiger charge is -1.98. The van der Waals surface area contributed by atoms with Gasteiger partial charge in [0, 0.05) is 44.7 Å². The summed E-state index contributed by atoms with van der Waals surface area (Å²) in [6.07, 6.45) is 5.73. The molecular formula is C9H13N5. The quantitative estimate of drug-likeness (QED) is 0.779. The van der Waals surface area contributed by atoms with Crippen LogP contribution in [0.1, 0.15) is 5.56 Å². The minimum atomic E-state index is 0.755. The zero-order valence-electron chi connectivity index (χ0n) is 8.31. The highest BCUT2D eigenvalue weighted by molar-refractivity contribution is 5.33. The van der Waals surface area contributed by atoms with Crippen LogP contribution >= 0.6 is 0 Å². The summed E-state index contributed by atoms with van der Waals surface area (Å²) in [7, 11) is 3.81. The van der Waals surface area contributed by atoms with Crippen molar-refractivity contribution >= 4 is 5.82 Å². The van der Waals surface area contributed by atoms with E-state index in [0.717, 1.165) is 17.9 Å². The minimum Gasteiger partial charge on any atom is -0.364 e. The molecule has 0 saturated carbocycles.